The highest BCUT2D eigenvalue weighted by atomic mass is 32.2. The lowest BCUT2D eigenvalue weighted by molar-refractivity contribution is 0.556. The Bertz CT molecular complexity index is 233. The average Bonchev–Trinajstić information content (AvgIpc) is 2.64. The molecule has 0 aromatic carbocycles. The monoisotopic (exact) mass is 213 g/mol. The number of rotatable bonds is 6. The minimum absolute atomic E-state index is 0.542. The van der Waals surface area contributed by atoms with E-state index in [0.29, 0.717) is 11.3 Å². The lowest BCUT2D eigenvalue weighted by Gasteiger charge is -2.15. The summed E-state index contributed by atoms with van der Waals surface area (Å²) in [7, 11) is 2.02. The second-order valence-corrected chi connectivity index (χ2v) is 5.31. The van der Waals surface area contributed by atoms with Gasteiger partial charge >= 0.3 is 0 Å². The molecule has 0 fully saturated rings. The van der Waals surface area contributed by atoms with Crippen LogP contribution in [-0.4, -0.2) is 24.1 Å². The fraction of sp³-hybridized carbons (Fsp3) is 0.636. The van der Waals surface area contributed by atoms with E-state index in [-0.39, 0.29) is 0 Å². The van der Waals surface area contributed by atoms with E-state index in [1.54, 1.807) is 6.26 Å². The lowest BCUT2D eigenvalue weighted by atomic mass is 10.1. The Morgan fingerprint density at radius 2 is 2.29 bits per heavy atom. The van der Waals surface area contributed by atoms with Crippen molar-refractivity contribution in [3.05, 3.63) is 24.2 Å². The van der Waals surface area contributed by atoms with Gasteiger partial charge in [0.25, 0.3) is 0 Å². The van der Waals surface area contributed by atoms with E-state index < -0.39 is 0 Å². The van der Waals surface area contributed by atoms with Gasteiger partial charge in [0.2, 0.25) is 0 Å². The van der Waals surface area contributed by atoms with Crippen molar-refractivity contribution in [2.75, 3.05) is 12.8 Å². The molecule has 1 rings (SSSR count). The van der Waals surface area contributed by atoms with E-state index in [2.05, 4.69) is 19.2 Å². The van der Waals surface area contributed by atoms with Crippen molar-refractivity contribution in [2.24, 2.45) is 0 Å². The zero-order chi connectivity index (χ0) is 10.4. The van der Waals surface area contributed by atoms with Crippen LogP contribution in [0.5, 0.6) is 0 Å². The molecule has 1 aromatic rings. The molecule has 3 heteroatoms. The van der Waals surface area contributed by atoms with Gasteiger partial charge in [-0.25, -0.2) is 0 Å². The zero-order valence-corrected chi connectivity index (χ0v) is 9.93. The Morgan fingerprint density at radius 3 is 2.79 bits per heavy atom. The fourth-order valence-corrected chi connectivity index (χ4v) is 2.15. The molecule has 1 N–H and O–H groups in total. The van der Waals surface area contributed by atoms with Gasteiger partial charge in [0.15, 0.2) is 0 Å². The van der Waals surface area contributed by atoms with Gasteiger partial charge in [-0.1, -0.05) is 13.8 Å². The topological polar surface area (TPSA) is 25.2 Å². The summed E-state index contributed by atoms with van der Waals surface area (Å²) in [5.74, 6) is 1.15. The maximum atomic E-state index is 5.05. The summed E-state index contributed by atoms with van der Waals surface area (Å²) in [6.07, 6.45) is 4.61. The van der Waals surface area contributed by atoms with Crippen molar-refractivity contribution >= 4 is 11.8 Å². The SMILES string of the molecule is CNC(CSC(C)C)Cc1ccoc1. The van der Waals surface area contributed by atoms with Crippen LogP contribution in [-0.2, 0) is 6.42 Å². The fourth-order valence-electron chi connectivity index (χ4n) is 1.25. The Labute approximate surface area is 90.5 Å². The Balaban J connectivity index is 2.32. The van der Waals surface area contributed by atoms with Gasteiger partial charge in [-0.2, -0.15) is 11.8 Å². The van der Waals surface area contributed by atoms with Crippen LogP contribution in [0.3, 0.4) is 0 Å². The van der Waals surface area contributed by atoms with Crippen LogP contribution in [0.4, 0.5) is 0 Å². The molecule has 0 saturated heterocycles. The third kappa shape index (κ3) is 4.20. The molecule has 0 bridgehead atoms. The number of furan rings is 1. The zero-order valence-electron chi connectivity index (χ0n) is 9.12. The lowest BCUT2D eigenvalue weighted by Crippen LogP contribution is -2.30. The molecule has 0 aliphatic carbocycles. The second-order valence-electron chi connectivity index (χ2n) is 3.70. The van der Waals surface area contributed by atoms with Gasteiger partial charge in [-0.3, -0.25) is 0 Å². The molecule has 80 valence electrons. The first kappa shape index (κ1) is 11.7. The van der Waals surface area contributed by atoms with Crippen molar-refractivity contribution in [1.29, 1.82) is 0 Å². The molecule has 0 radical (unpaired) electrons. The molecule has 0 saturated carbocycles. The summed E-state index contributed by atoms with van der Waals surface area (Å²) in [6.45, 7) is 4.46. The number of hydrogen-bond acceptors (Lipinski definition) is 3. The molecule has 14 heavy (non-hydrogen) atoms. The molecule has 2 nitrogen and oxygen atoms in total. The van der Waals surface area contributed by atoms with Crippen LogP contribution in [0.15, 0.2) is 23.0 Å². The van der Waals surface area contributed by atoms with E-state index in [0.717, 1.165) is 12.2 Å². The molecule has 0 amide bonds. The predicted octanol–water partition coefficient (Wildman–Crippen LogP) is 2.55. The molecule has 1 unspecified atom stereocenters. The quantitative estimate of drug-likeness (QED) is 0.786. The van der Waals surface area contributed by atoms with E-state index in [4.69, 9.17) is 4.42 Å². The smallest absolute Gasteiger partial charge is 0.0935 e. The minimum Gasteiger partial charge on any atom is -0.472 e. The largest absolute Gasteiger partial charge is 0.472 e. The number of likely N-dealkylation sites (N-methyl/N-ethyl adjacent to an activating group) is 1. The van der Waals surface area contributed by atoms with Crippen molar-refractivity contribution in [3.8, 4) is 0 Å². The first-order valence-corrected chi connectivity index (χ1v) is 6.07. The second kappa shape index (κ2) is 6.14. The number of nitrogens with one attached hydrogen (secondary N) is 1. The van der Waals surface area contributed by atoms with Crippen LogP contribution < -0.4 is 5.32 Å². The van der Waals surface area contributed by atoms with E-state index in [1.807, 2.05) is 31.1 Å². The van der Waals surface area contributed by atoms with Crippen LogP contribution in [0.2, 0.25) is 0 Å². The first-order valence-electron chi connectivity index (χ1n) is 5.02. The Hall–Kier alpha value is -0.410. The standard InChI is InChI=1S/C11H19NOS/c1-9(2)14-8-11(12-3)6-10-4-5-13-7-10/h4-5,7,9,11-12H,6,8H2,1-3H3. The number of thioether (sulfide) groups is 1. The van der Waals surface area contributed by atoms with Gasteiger partial charge in [-0.05, 0) is 30.3 Å². The maximum Gasteiger partial charge on any atom is 0.0935 e. The van der Waals surface area contributed by atoms with Crippen molar-refractivity contribution in [1.82, 2.24) is 5.32 Å². The van der Waals surface area contributed by atoms with Gasteiger partial charge in [0, 0.05) is 11.8 Å². The average molecular weight is 213 g/mol. The predicted molar refractivity (Wildman–Crippen MR) is 62.9 cm³/mol. The van der Waals surface area contributed by atoms with Crippen LogP contribution in [0, 0.1) is 0 Å². The van der Waals surface area contributed by atoms with Crippen molar-refractivity contribution in [2.45, 2.75) is 31.6 Å². The summed E-state index contributed by atoms with van der Waals surface area (Å²) >= 11 is 1.99. The van der Waals surface area contributed by atoms with E-state index in [1.165, 1.54) is 5.56 Å². The summed E-state index contributed by atoms with van der Waals surface area (Å²) in [4.78, 5) is 0. The van der Waals surface area contributed by atoms with Gasteiger partial charge < -0.3 is 9.73 Å². The maximum absolute atomic E-state index is 5.05. The van der Waals surface area contributed by atoms with Crippen molar-refractivity contribution < 1.29 is 4.42 Å². The highest BCUT2D eigenvalue weighted by Gasteiger charge is 2.08. The summed E-state index contributed by atoms with van der Waals surface area (Å²) < 4.78 is 5.05. The summed E-state index contributed by atoms with van der Waals surface area (Å²) in [6, 6.07) is 2.57. The van der Waals surface area contributed by atoms with E-state index in [9.17, 15) is 0 Å². The van der Waals surface area contributed by atoms with E-state index >= 15 is 0 Å². The third-order valence-corrected chi connectivity index (χ3v) is 3.36. The minimum atomic E-state index is 0.542. The normalized spacial score (nSPS) is 13.4. The first-order chi connectivity index (χ1) is 6.72. The Morgan fingerprint density at radius 1 is 1.50 bits per heavy atom. The third-order valence-electron chi connectivity index (χ3n) is 2.10. The van der Waals surface area contributed by atoms with Crippen molar-refractivity contribution in [3.63, 3.8) is 0 Å². The Kier molecular flexibility index (Phi) is 5.12. The molecular weight excluding hydrogens is 194 g/mol. The molecule has 0 spiro atoms. The summed E-state index contributed by atoms with van der Waals surface area (Å²) in [5, 5.41) is 4.04. The molecule has 1 aromatic heterocycles. The summed E-state index contributed by atoms with van der Waals surface area (Å²) in [5.41, 5.74) is 1.27. The molecule has 0 aliphatic rings. The molecule has 1 heterocycles. The van der Waals surface area contributed by atoms with Gasteiger partial charge in [-0.15, -0.1) is 0 Å². The molecule has 0 aliphatic heterocycles. The number of hydrogen-bond donors (Lipinski definition) is 1. The van der Waals surface area contributed by atoms with Crippen LogP contribution in [0.1, 0.15) is 19.4 Å². The highest BCUT2D eigenvalue weighted by molar-refractivity contribution is 7.99. The van der Waals surface area contributed by atoms with Gasteiger partial charge in [0.05, 0.1) is 12.5 Å². The van der Waals surface area contributed by atoms with Gasteiger partial charge in [0.1, 0.15) is 0 Å². The van der Waals surface area contributed by atoms with Crippen LogP contribution >= 0.6 is 11.8 Å². The van der Waals surface area contributed by atoms with Crippen LogP contribution in [0.25, 0.3) is 0 Å². The molecule has 1 atom stereocenters. The molecular formula is C11H19NOS. The highest BCUT2D eigenvalue weighted by Crippen LogP contribution is 2.13.